The van der Waals surface area contributed by atoms with Crippen LogP contribution in [0.15, 0.2) is 18.2 Å². The van der Waals surface area contributed by atoms with Crippen LogP contribution in [0.4, 0.5) is 4.79 Å². The van der Waals surface area contributed by atoms with Gasteiger partial charge in [-0.15, -0.1) is 0 Å². The second-order valence-electron chi connectivity index (χ2n) is 9.42. The second kappa shape index (κ2) is 17.4. The number of esters is 3. The summed E-state index contributed by atoms with van der Waals surface area (Å²) in [7, 11) is 0. The molecule has 0 aliphatic rings. The molecule has 1 aromatic carbocycles. The van der Waals surface area contributed by atoms with E-state index in [0.717, 1.165) is 19.3 Å². The lowest BCUT2D eigenvalue weighted by Gasteiger charge is -2.18. The predicted octanol–water partition coefficient (Wildman–Crippen LogP) is 4.73. The molecule has 0 amide bonds. The molecule has 1 rings (SSSR count). The van der Waals surface area contributed by atoms with Crippen molar-refractivity contribution >= 4 is 24.1 Å². The van der Waals surface area contributed by atoms with Crippen LogP contribution in [0, 0.1) is 11.8 Å². The Morgan fingerprint density at radius 1 is 0.816 bits per heavy atom. The summed E-state index contributed by atoms with van der Waals surface area (Å²) in [6, 6.07) is 3.63. The number of ether oxygens (including phenoxy) is 5. The van der Waals surface area contributed by atoms with E-state index < -0.39 is 36.2 Å². The van der Waals surface area contributed by atoms with Crippen molar-refractivity contribution in [3.8, 4) is 11.5 Å². The molecule has 4 atom stereocenters. The summed E-state index contributed by atoms with van der Waals surface area (Å²) >= 11 is 0. The van der Waals surface area contributed by atoms with E-state index in [2.05, 4.69) is 0 Å². The summed E-state index contributed by atoms with van der Waals surface area (Å²) in [5.41, 5.74) is 6.62. The maximum Gasteiger partial charge on any atom is 0.508 e. The van der Waals surface area contributed by atoms with Gasteiger partial charge in [0.2, 0.25) is 0 Å². The number of hydrogen-bond acceptors (Lipinski definition) is 10. The van der Waals surface area contributed by atoms with Crippen LogP contribution in [-0.2, 0) is 35.0 Å². The molecule has 0 radical (unpaired) electrons. The van der Waals surface area contributed by atoms with Gasteiger partial charge in [0, 0.05) is 0 Å². The number of carbonyl (C=O) groups excluding carboxylic acids is 4. The quantitative estimate of drug-likeness (QED) is 0.179. The van der Waals surface area contributed by atoms with Gasteiger partial charge in [-0.2, -0.15) is 0 Å². The molecule has 0 saturated carbocycles. The Hall–Kier alpha value is -3.14. The Balaban J connectivity index is 2.79. The highest BCUT2D eigenvalue weighted by Gasteiger charge is 2.23. The fraction of sp³-hybridized carbons (Fsp3) is 0.643. The van der Waals surface area contributed by atoms with Crippen molar-refractivity contribution in [2.75, 3.05) is 13.2 Å². The fourth-order valence-electron chi connectivity index (χ4n) is 2.99. The second-order valence-corrected chi connectivity index (χ2v) is 9.42. The number of carbonyl (C=O) groups is 4. The van der Waals surface area contributed by atoms with Crippen molar-refractivity contribution in [3.05, 3.63) is 23.8 Å². The van der Waals surface area contributed by atoms with Crippen molar-refractivity contribution < 1.29 is 42.9 Å². The van der Waals surface area contributed by atoms with Crippen LogP contribution in [0.2, 0.25) is 0 Å². The van der Waals surface area contributed by atoms with Gasteiger partial charge in [0.05, 0.1) is 18.4 Å². The standard InChI is InChI=1S/C28H43NO9/c1-7-10-11-14-34-28(33)35-17-20(6)36-27(32)22(29)15-21-12-13-23(37-25(30)18(4)8-2)24(16-21)38-26(31)19(5)9-3/h12-13,16,18-20,22H,7-11,14-15,17,29H2,1-6H3/t18?,19?,20-,22-/m0/s1. The molecule has 0 bridgehead atoms. The summed E-state index contributed by atoms with van der Waals surface area (Å²) in [5.74, 6) is -2.10. The minimum Gasteiger partial charge on any atom is -0.458 e. The van der Waals surface area contributed by atoms with Gasteiger partial charge in [0.1, 0.15) is 18.8 Å². The molecule has 10 heteroatoms. The number of unbranched alkanes of at least 4 members (excludes halogenated alkanes) is 2. The van der Waals surface area contributed by atoms with Crippen molar-refractivity contribution in [2.24, 2.45) is 17.6 Å². The van der Waals surface area contributed by atoms with Crippen LogP contribution >= 0.6 is 0 Å². The number of rotatable bonds is 16. The first-order chi connectivity index (χ1) is 18.0. The lowest BCUT2D eigenvalue weighted by molar-refractivity contribution is -0.152. The van der Waals surface area contributed by atoms with Crippen LogP contribution in [0.25, 0.3) is 0 Å². The van der Waals surface area contributed by atoms with Gasteiger partial charge in [-0.25, -0.2) is 4.79 Å². The Labute approximate surface area is 225 Å². The third kappa shape index (κ3) is 11.9. The van der Waals surface area contributed by atoms with Gasteiger partial charge in [-0.1, -0.05) is 53.5 Å². The van der Waals surface area contributed by atoms with E-state index in [1.54, 1.807) is 26.8 Å². The third-order valence-corrected chi connectivity index (χ3v) is 5.94. The molecule has 2 N–H and O–H groups in total. The first-order valence-electron chi connectivity index (χ1n) is 13.3. The number of nitrogens with two attached hydrogens (primary N) is 1. The van der Waals surface area contributed by atoms with E-state index in [0.29, 0.717) is 18.4 Å². The van der Waals surface area contributed by atoms with Crippen LogP contribution < -0.4 is 15.2 Å². The Morgan fingerprint density at radius 3 is 2.00 bits per heavy atom. The van der Waals surface area contributed by atoms with E-state index in [9.17, 15) is 19.2 Å². The molecule has 0 aliphatic heterocycles. The zero-order chi connectivity index (χ0) is 28.7. The molecule has 10 nitrogen and oxygen atoms in total. The molecule has 0 aliphatic carbocycles. The highest BCUT2D eigenvalue weighted by atomic mass is 16.7. The van der Waals surface area contributed by atoms with Crippen LogP contribution in [0.5, 0.6) is 11.5 Å². The summed E-state index contributed by atoms with van der Waals surface area (Å²) in [6.45, 7) is 10.9. The topological polar surface area (TPSA) is 140 Å². The normalized spacial score (nSPS) is 14.0. The smallest absolute Gasteiger partial charge is 0.458 e. The van der Waals surface area contributed by atoms with Crippen molar-refractivity contribution in [1.82, 2.24) is 0 Å². The maximum absolute atomic E-state index is 12.5. The third-order valence-electron chi connectivity index (χ3n) is 5.94. The molecule has 0 aromatic heterocycles. The van der Waals surface area contributed by atoms with Crippen LogP contribution in [-0.4, -0.2) is 49.4 Å². The van der Waals surface area contributed by atoms with E-state index in [4.69, 9.17) is 29.4 Å². The summed E-state index contributed by atoms with van der Waals surface area (Å²) in [4.78, 5) is 48.8. The first kappa shape index (κ1) is 32.9. The van der Waals surface area contributed by atoms with E-state index in [1.165, 1.54) is 12.1 Å². The minimum atomic E-state index is -1.04. The summed E-state index contributed by atoms with van der Waals surface area (Å²) < 4.78 is 26.2. The van der Waals surface area contributed by atoms with Crippen LogP contribution in [0.1, 0.15) is 79.2 Å². The van der Waals surface area contributed by atoms with Crippen molar-refractivity contribution in [1.29, 1.82) is 0 Å². The molecule has 0 fully saturated rings. The first-order valence-corrected chi connectivity index (χ1v) is 13.3. The predicted molar refractivity (Wildman–Crippen MR) is 141 cm³/mol. The molecule has 0 saturated heterocycles. The Bertz CT molecular complexity index is 918. The van der Waals surface area contributed by atoms with E-state index in [-0.39, 0.29) is 43.0 Å². The maximum atomic E-state index is 12.5. The van der Waals surface area contributed by atoms with Crippen molar-refractivity contribution in [2.45, 2.75) is 92.2 Å². The molecule has 1 aromatic rings. The van der Waals surface area contributed by atoms with Gasteiger partial charge in [-0.3, -0.25) is 14.4 Å². The van der Waals surface area contributed by atoms with E-state index in [1.807, 2.05) is 20.8 Å². The zero-order valence-corrected chi connectivity index (χ0v) is 23.4. The summed E-state index contributed by atoms with van der Waals surface area (Å²) in [5, 5.41) is 0. The molecule has 214 valence electrons. The van der Waals surface area contributed by atoms with Crippen molar-refractivity contribution in [3.63, 3.8) is 0 Å². The molecule has 0 heterocycles. The summed E-state index contributed by atoms with van der Waals surface area (Å²) in [6.07, 6.45) is 2.41. The highest BCUT2D eigenvalue weighted by molar-refractivity contribution is 5.79. The largest absolute Gasteiger partial charge is 0.508 e. The van der Waals surface area contributed by atoms with Gasteiger partial charge in [0.15, 0.2) is 11.5 Å². The average Bonchev–Trinajstić information content (AvgIpc) is 2.90. The Morgan fingerprint density at radius 2 is 1.42 bits per heavy atom. The molecule has 2 unspecified atom stereocenters. The van der Waals surface area contributed by atoms with E-state index >= 15 is 0 Å². The molecule has 0 spiro atoms. The average molecular weight is 538 g/mol. The zero-order valence-electron chi connectivity index (χ0n) is 23.4. The number of benzene rings is 1. The SMILES string of the molecule is CCCCCOC(=O)OC[C@H](C)OC(=O)[C@@H](N)Cc1ccc(OC(=O)C(C)CC)c(OC(=O)C(C)CC)c1. The van der Waals surface area contributed by atoms with Gasteiger partial charge >= 0.3 is 24.1 Å². The monoisotopic (exact) mass is 537 g/mol. The lowest BCUT2D eigenvalue weighted by Crippen LogP contribution is -2.37. The molecule has 38 heavy (non-hydrogen) atoms. The van der Waals surface area contributed by atoms with Gasteiger partial charge < -0.3 is 29.4 Å². The van der Waals surface area contributed by atoms with Crippen LogP contribution in [0.3, 0.4) is 0 Å². The van der Waals surface area contributed by atoms with Gasteiger partial charge in [-0.05, 0) is 50.3 Å². The highest BCUT2D eigenvalue weighted by Crippen LogP contribution is 2.31. The molecular weight excluding hydrogens is 494 g/mol. The van der Waals surface area contributed by atoms with Gasteiger partial charge in [0.25, 0.3) is 0 Å². The lowest BCUT2D eigenvalue weighted by atomic mass is 10.1. The fourth-order valence-corrected chi connectivity index (χ4v) is 2.99. The minimum absolute atomic E-state index is 0.0688. The Kier molecular flexibility index (Phi) is 15.0. The molecular formula is C28H43NO9. The number of hydrogen-bond donors (Lipinski definition) is 1.